The summed E-state index contributed by atoms with van der Waals surface area (Å²) >= 11 is 0. The van der Waals surface area contributed by atoms with Gasteiger partial charge in [-0.05, 0) is 54.5 Å². The van der Waals surface area contributed by atoms with Crippen LogP contribution in [-0.4, -0.2) is 5.11 Å². The second-order valence-electron chi connectivity index (χ2n) is 8.63. The van der Waals surface area contributed by atoms with Gasteiger partial charge in [0.1, 0.15) is 17.4 Å². The smallest absolute Gasteiger partial charge is 0.194 e. The van der Waals surface area contributed by atoms with Gasteiger partial charge in [0.15, 0.2) is 17.5 Å². The van der Waals surface area contributed by atoms with Crippen LogP contribution in [0.15, 0.2) is 42.5 Å². The van der Waals surface area contributed by atoms with E-state index in [9.17, 15) is 22.7 Å². The molecule has 3 aromatic rings. The number of unbranched alkanes of at least 4 members (excludes halogenated alkanes) is 5. The number of rotatable bonds is 11. The molecule has 3 rings (SSSR count). The van der Waals surface area contributed by atoms with Gasteiger partial charge in [-0.15, -0.1) is 0 Å². The first-order chi connectivity index (χ1) is 16.3. The van der Waals surface area contributed by atoms with Crippen LogP contribution >= 0.6 is 0 Å². The molecule has 0 radical (unpaired) electrons. The topological polar surface area (TPSA) is 20.2 Å². The second kappa shape index (κ2) is 12.0. The molecule has 0 aromatic heterocycles. The molecule has 34 heavy (non-hydrogen) atoms. The standard InChI is InChI=1S/C28H29F5O/c1-2-3-4-5-6-7-8-18-9-12-20(13-10-18)26-25(34)17-22(29)21(27(26)32)14-11-19-15-23(30)28(33)24(31)16-19/h9-10,12-13,15-17,34H,2-8,11,14H2,1H3. The highest BCUT2D eigenvalue weighted by Crippen LogP contribution is 2.36. The molecule has 1 nitrogen and oxygen atoms in total. The number of benzene rings is 3. The zero-order valence-corrected chi connectivity index (χ0v) is 19.2. The van der Waals surface area contributed by atoms with Gasteiger partial charge in [0, 0.05) is 11.6 Å². The largest absolute Gasteiger partial charge is 0.507 e. The van der Waals surface area contributed by atoms with Crippen molar-refractivity contribution in [2.24, 2.45) is 0 Å². The normalized spacial score (nSPS) is 11.2. The van der Waals surface area contributed by atoms with Crippen molar-refractivity contribution in [2.75, 3.05) is 0 Å². The van der Waals surface area contributed by atoms with Gasteiger partial charge in [-0.1, -0.05) is 63.3 Å². The van der Waals surface area contributed by atoms with Crippen LogP contribution in [0.2, 0.25) is 0 Å². The molecule has 0 atom stereocenters. The highest BCUT2D eigenvalue weighted by Gasteiger charge is 2.20. The maximum Gasteiger partial charge on any atom is 0.194 e. The molecule has 0 saturated heterocycles. The summed E-state index contributed by atoms with van der Waals surface area (Å²) in [5.41, 5.74) is 1.14. The van der Waals surface area contributed by atoms with Crippen molar-refractivity contribution >= 4 is 0 Å². The Morgan fingerprint density at radius 1 is 0.618 bits per heavy atom. The van der Waals surface area contributed by atoms with Crippen molar-refractivity contribution in [3.05, 3.63) is 88.2 Å². The van der Waals surface area contributed by atoms with E-state index in [4.69, 9.17) is 0 Å². The summed E-state index contributed by atoms with van der Waals surface area (Å²) in [6.07, 6.45) is 7.70. The Kier molecular flexibility index (Phi) is 9.08. The molecular formula is C28H29F5O. The van der Waals surface area contributed by atoms with Gasteiger partial charge in [-0.25, -0.2) is 22.0 Å². The Bertz CT molecular complexity index is 1090. The zero-order valence-electron chi connectivity index (χ0n) is 19.2. The van der Waals surface area contributed by atoms with E-state index in [0.29, 0.717) is 5.56 Å². The van der Waals surface area contributed by atoms with Crippen LogP contribution in [0, 0.1) is 29.1 Å². The van der Waals surface area contributed by atoms with Gasteiger partial charge in [0.05, 0.1) is 5.56 Å². The Hall–Kier alpha value is -2.89. The van der Waals surface area contributed by atoms with E-state index >= 15 is 4.39 Å². The van der Waals surface area contributed by atoms with Gasteiger partial charge in [-0.3, -0.25) is 0 Å². The molecule has 3 aromatic carbocycles. The van der Waals surface area contributed by atoms with E-state index < -0.39 is 34.8 Å². The third kappa shape index (κ3) is 6.37. The molecule has 1 N–H and O–H groups in total. The summed E-state index contributed by atoms with van der Waals surface area (Å²) in [4.78, 5) is 0. The first kappa shape index (κ1) is 25.7. The minimum atomic E-state index is -1.59. The average molecular weight is 477 g/mol. The Labute approximate surface area is 197 Å². The fourth-order valence-electron chi connectivity index (χ4n) is 4.12. The van der Waals surface area contributed by atoms with Gasteiger partial charge >= 0.3 is 0 Å². The van der Waals surface area contributed by atoms with Crippen molar-refractivity contribution in [3.8, 4) is 16.9 Å². The highest BCUT2D eigenvalue weighted by atomic mass is 19.2. The fraction of sp³-hybridized carbons (Fsp3) is 0.357. The Balaban J connectivity index is 1.73. The summed E-state index contributed by atoms with van der Waals surface area (Å²) in [6, 6.07) is 9.56. The second-order valence-corrected chi connectivity index (χ2v) is 8.63. The summed E-state index contributed by atoms with van der Waals surface area (Å²) in [7, 11) is 0. The lowest BCUT2D eigenvalue weighted by Crippen LogP contribution is -2.03. The molecule has 0 aliphatic rings. The lowest BCUT2D eigenvalue weighted by atomic mass is 9.95. The number of phenolic OH excluding ortho intramolecular Hbond substituents is 1. The molecule has 0 aliphatic carbocycles. The number of phenols is 1. The number of hydrogen-bond acceptors (Lipinski definition) is 1. The van der Waals surface area contributed by atoms with E-state index in [1.54, 1.807) is 12.1 Å². The third-order valence-corrected chi connectivity index (χ3v) is 6.06. The molecular weight excluding hydrogens is 447 g/mol. The number of hydrogen-bond donors (Lipinski definition) is 1. The molecule has 0 unspecified atom stereocenters. The molecule has 0 fully saturated rings. The van der Waals surface area contributed by atoms with E-state index in [0.717, 1.165) is 43.0 Å². The van der Waals surface area contributed by atoms with Crippen molar-refractivity contribution in [1.29, 1.82) is 0 Å². The number of aryl methyl sites for hydroxylation is 2. The van der Waals surface area contributed by atoms with Crippen molar-refractivity contribution in [1.82, 2.24) is 0 Å². The maximum atomic E-state index is 15.2. The van der Waals surface area contributed by atoms with Gasteiger partial charge < -0.3 is 5.11 Å². The zero-order chi connectivity index (χ0) is 24.7. The van der Waals surface area contributed by atoms with Crippen LogP contribution in [0.25, 0.3) is 11.1 Å². The Morgan fingerprint density at radius 3 is 1.88 bits per heavy atom. The summed E-state index contributed by atoms with van der Waals surface area (Å²) < 4.78 is 69.7. The number of aromatic hydroxyl groups is 1. The van der Waals surface area contributed by atoms with Gasteiger partial charge in [0.25, 0.3) is 0 Å². The van der Waals surface area contributed by atoms with Gasteiger partial charge in [-0.2, -0.15) is 0 Å². The molecule has 0 aliphatic heterocycles. The first-order valence-electron chi connectivity index (χ1n) is 11.7. The Morgan fingerprint density at radius 2 is 1.24 bits per heavy atom. The van der Waals surface area contributed by atoms with Crippen LogP contribution in [0.4, 0.5) is 22.0 Å². The molecule has 0 spiro atoms. The highest BCUT2D eigenvalue weighted by molar-refractivity contribution is 5.72. The van der Waals surface area contributed by atoms with Crippen molar-refractivity contribution in [3.63, 3.8) is 0 Å². The maximum absolute atomic E-state index is 15.2. The van der Waals surface area contributed by atoms with Crippen molar-refractivity contribution in [2.45, 2.75) is 64.7 Å². The van der Waals surface area contributed by atoms with Crippen molar-refractivity contribution < 1.29 is 27.1 Å². The van der Waals surface area contributed by atoms with Crippen LogP contribution < -0.4 is 0 Å². The third-order valence-electron chi connectivity index (χ3n) is 6.06. The predicted octanol–water partition coefficient (Wildman–Crippen LogP) is 8.44. The molecule has 0 bridgehead atoms. The molecule has 0 saturated carbocycles. The lowest BCUT2D eigenvalue weighted by Gasteiger charge is -2.13. The van der Waals surface area contributed by atoms with E-state index in [2.05, 4.69) is 6.92 Å². The van der Waals surface area contributed by atoms with E-state index in [-0.39, 0.29) is 29.5 Å². The molecule has 6 heteroatoms. The molecule has 0 amide bonds. The average Bonchev–Trinajstić information content (AvgIpc) is 2.80. The van der Waals surface area contributed by atoms with Crippen LogP contribution in [0.5, 0.6) is 5.75 Å². The lowest BCUT2D eigenvalue weighted by molar-refractivity contribution is 0.445. The van der Waals surface area contributed by atoms with Crippen LogP contribution in [0.1, 0.15) is 62.1 Å². The fourth-order valence-corrected chi connectivity index (χ4v) is 4.12. The number of halogens is 5. The van der Waals surface area contributed by atoms with Gasteiger partial charge in [0.2, 0.25) is 0 Å². The summed E-state index contributed by atoms with van der Waals surface area (Å²) in [5, 5.41) is 10.2. The first-order valence-corrected chi connectivity index (χ1v) is 11.7. The molecule has 0 heterocycles. The van der Waals surface area contributed by atoms with Crippen LogP contribution in [0.3, 0.4) is 0 Å². The molecule has 182 valence electrons. The predicted molar refractivity (Wildman–Crippen MR) is 124 cm³/mol. The van der Waals surface area contributed by atoms with Crippen LogP contribution in [-0.2, 0) is 19.3 Å². The summed E-state index contributed by atoms with van der Waals surface area (Å²) in [6.45, 7) is 2.18. The van der Waals surface area contributed by atoms with E-state index in [1.807, 2.05) is 12.1 Å². The minimum Gasteiger partial charge on any atom is -0.507 e. The SMILES string of the molecule is CCCCCCCCc1ccc(-c2c(O)cc(F)c(CCc3cc(F)c(F)c(F)c3)c2F)cc1. The van der Waals surface area contributed by atoms with E-state index in [1.165, 1.54) is 25.7 Å². The quantitative estimate of drug-likeness (QED) is 0.167. The summed E-state index contributed by atoms with van der Waals surface area (Å²) in [5.74, 6) is -6.72. The minimum absolute atomic E-state index is 0.0730. The monoisotopic (exact) mass is 476 g/mol.